The van der Waals surface area contributed by atoms with Crippen LogP contribution in [0.3, 0.4) is 0 Å². The molecule has 368 valence electrons. The van der Waals surface area contributed by atoms with Gasteiger partial charge in [0.05, 0.1) is 6.04 Å². The van der Waals surface area contributed by atoms with Crippen molar-refractivity contribution in [1.29, 1.82) is 0 Å². The van der Waals surface area contributed by atoms with E-state index in [0.29, 0.717) is 0 Å². The van der Waals surface area contributed by atoms with Crippen LogP contribution in [0.1, 0.15) is 111 Å². The van der Waals surface area contributed by atoms with Gasteiger partial charge in [-0.05, 0) is 70.6 Å². The van der Waals surface area contributed by atoms with Gasteiger partial charge in [0.1, 0.15) is 12.1 Å². The van der Waals surface area contributed by atoms with Crippen molar-refractivity contribution < 1.29 is 102 Å². The molecule has 3 N–H and O–H groups in total. The normalized spacial score (nSPS) is 18.2. The number of carbonyl (C=O) groups is 7. The van der Waals surface area contributed by atoms with Crippen LogP contribution >= 0.6 is 0 Å². The van der Waals surface area contributed by atoms with Crippen LogP contribution in [-0.2, 0) is 33.6 Å². The minimum Gasteiger partial charge on any atom is -0.480 e. The SMILES string of the molecule is CCCCN(C(=O)C(F)(F)F)C(CCCC=C(CCC(C(=O)O)N(CCCC)C(=O)C(F)(F)F)CN(C(=O)C(F)(F)F)C1CCCC1(C(=O)O)N(CCCC)C(=O)C(F)(F)F)C(=O)O. The molecule has 4 atom stereocenters. The Bertz CT molecular complexity index is 1670. The number of rotatable bonds is 25. The summed E-state index contributed by atoms with van der Waals surface area (Å²) in [6, 6.07) is -6.91. The van der Waals surface area contributed by atoms with E-state index in [2.05, 4.69) is 0 Å². The zero-order chi connectivity index (χ0) is 49.6. The lowest BCUT2D eigenvalue weighted by Crippen LogP contribution is -2.68. The second kappa shape index (κ2) is 23.9. The molecule has 1 aliphatic carbocycles. The highest BCUT2D eigenvalue weighted by molar-refractivity contribution is 5.92. The minimum absolute atomic E-state index is 0.0400. The number of nitrogens with zero attached hydrogens (tertiary/aromatic N) is 4. The molecule has 1 aliphatic rings. The van der Waals surface area contributed by atoms with Gasteiger partial charge in [0.2, 0.25) is 0 Å². The number of alkyl halides is 12. The van der Waals surface area contributed by atoms with Crippen LogP contribution in [-0.4, -0.2) is 151 Å². The summed E-state index contributed by atoms with van der Waals surface area (Å²) in [7, 11) is 0. The average molecular weight is 953 g/mol. The van der Waals surface area contributed by atoms with Gasteiger partial charge in [0.15, 0.2) is 5.54 Å². The lowest BCUT2D eigenvalue weighted by Gasteiger charge is -2.46. The van der Waals surface area contributed by atoms with Gasteiger partial charge in [-0.3, -0.25) is 19.2 Å². The summed E-state index contributed by atoms with van der Waals surface area (Å²) in [5, 5.41) is 30.3. The lowest BCUT2D eigenvalue weighted by molar-refractivity contribution is -0.202. The summed E-state index contributed by atoms with van der Waals surface area (Å²) in [5.41, 5.74) is -3.72. The van der Waals surface area contributed by atoms with E-state index in [4.69, 9.17) is 0 Å². The van der Waals surface area contributed by atoms with E-state index < -0.39 is 173 Å². The highest BCUT2D eigenvalue weighted by Gasteiger charge is 2.63. The molecule has 1 saturated carbocycles. The van der Waals surface area contributed by atoms with E-state index >= 15 is 0 Å². The second-order valence-electron chi connectivity index (χ2n) is 15.1. The smallest absolute Gasteiger partial charge is 0.471 e. The van der Waals surface area contributed by atoms with Crippen LogP contribution in [0, 0.1) is 0 Å². The first-order chi connectivity index (χ1) is 29.4. The molecule has 0 aromatic carbocycles. The Morgan fingerprint density at radius 2 is 1.03 bits per heavy atom. The van der Waals surface area contributed by atoms with E-state index in [9.17, 15) is 102 Å². The summed E-state index contributed by atoms with van der Waals surface area (Å²) in [5.74, 6) is -16.9. The zero-order valence-electron chi connectivity index (χ0n) is 35.1. The van der Waals surface area contributed by atoms with E-state index in [-0.39, 0.29) is 58.1 Å². The first-order valence-corrected chi connectivity index (χ1v) is 20.2. The molecule has 0 bridgehead atoms. The number of aliphatic carboxylic acids is 3. The second-order valence-corrected chi connectivity index (χ2v) is 15.1. The maximum absolute atomic E-state index is 14.4. The number of hydrogen-bond donors (Lipinski definition) is 3. The van der Waals surface area contributed by atoms with Crippen molar-refractivity contribution in [2.75, 3.05) is 26.2 Å². The third-order valence-corrected chi connectivity index (χ3v) is 10.6. The number of halogens is 12. The average Bonchev–Trinajstić information content (AvgIpc) is 3.62. The van der Waals surface area contributed by atoms with Gasteiger partial charge in [-0.25, -0.2) is 14.4 Å². The molecule has 64 heavy (non-hydrogen) atoms. The minimum atomic E-state index is -5.92. The van der Waals surface area contributed by atoms with Crippen molar-refractivity contribution in [2.45, 2.75) is 159 Å². The van der Waals surface area contributed by atoms with Crippen LogP contribution in [0.25, 0.3) is 0 Å². The van der Waals surface area contributed by atoms with Crippen molar-refractivity contribution >= 4 is 41.5 Å². The topological polar surface area (TPSA) is 193 Å². The van der Waals surface area contributed by atoms with Crippen LogP contribution in [0.2, 0.25) is 0 Å². The van der Waals surface area contributed by atoms with Gasteiger partial charge in [-0.2, -0.15) is 52.7 Å². The Balaban J connectivity index is 4.08. The first-order valence-electron chi connectivity index (χ1n) is 20.2. The Labute approximate surface area is 359 Å². The molecule has 0 saturated heterocycles. The molecule has 0 aromatic rings. The van der Waals surface area contributed by atoms with Crippen LogP contribution in [0.4, 0.5) is 52.7 Å². The number of hydrogen-bond acceptors (Lipinski definition) is 7. The van der Waals surface area contributed by atoms with Gasteiger partial charge in [-0.1, -0.05) is 51.7 Å². The summed E-state index contributed by atoms with van der Waals surface area (Å²) in [4.78, 5) is 87.9. The Kier molecular flexibility index (Phi) is 21.4. The quantitative estimate of drug-likeness (QED) is 0.0483. The molecule has 4 unspecified atom stereocenters. The van der Waals surface area contributed by atoms with Crippen molar-refractivity contribution in [3.05, 3.63) is 11.6 Å². The molecular weight excluding hydrogens is 900 g/mol. The fourth-order valence-electron chi connectivity index (χ4n) is 7.51. The molecule has 1 rings (SSSR count). The number of carboxylic acids is 3. The Morgan fingerprint density at radius 3 is 1.42 bits per heavy atom. The molecule has 0 aromatic heterocycles. The molecule has 1 fully saturated rings. The fraction of sp³-hybridized carbons (Fsp3) is 0.763. The molecule has 26 heteroatoms. The lowest BCUT2D eigenvalue weighted by atomic mass is 9.87. The van der Waals surface area contributed by atoms with E-state index in [1.54, 1.807) is 0 Å². The van der Waals surface area contributed by atoms with Crippen LogP contribution < -0.4 is 0 Å². The summed E-state index contributed by atoms with van der Waals surface area (Å²) >= 11 is 0. The van der Waals surface area contributed by atoms with E-state index in [1.165, 1.54) is 20.8 Å². The van der Waals surface area contributed by atoms with E-state index in [0.717, 1.165) is 6.08 Å². The van der Waals surface area contributed by atoms with Gasteiger partial charge in [0, 0.05) is 26.2 Å². The highest BCUT2D eigenvalue weighted by atomic mass is 19.4. The van der Waals surface area contributed by atoms with Crippen molar-refractivity contribution in [3.63, 3.8) is 0 Å². The predicted molar refractivity (Wildman–Crippen MR) is 198 cm³/mol. The number of amides is 4. The Hall–Kier alpha value is -4.81. The number of unbranched alkanes of at least 4 members (excludes halogenated alkanes) is 4. The van der Waals surface area contributed by atoms with Crippen LogP contribution in [0.5, 0.6) is 0 Å². The van der Waals surface area contributed by atoms with Crippen molar-refractivity contribution in [3.8, 4) is 0 Å². The molecule has 14 nitrogen and oxygen atoms in total. The summed E-state index contributed by atoms with van der Waals surface area (Å²) < 4.78 is 167. The third kappa shape index (κ3) is 15.4. The summed E-state index contributed by atoms with van der Waals surface area (Å²) in [6.07, 6.45) is -28.1. The maximum Gasteiger partial charge on any atom is 0.471 e. The first kappa shape index (κ1) is 57.2. The van der Waals surface area contributed by atoms with Gasteiger partial charge >= 0.3 is 66.2 Å². The maximum atomic E-state index is 14.4. The molecular formula is C38H52F12N4O10. The van der Waals surface area contributed by atoms with Crippen LogP contribution in [0.15, 0.2) is 11.6 Å². The standard InChI is InChI=1S/C38H52F12N4O10/c1-4-7-19-51(29(59)35(39,40)41)24(27(55)56)14-11-10-13-23(16-17-25(28(57)58)52(20-8-5-2)30(60)36(42,43)44)22-53(31(61)37(45,46)47)26-15-12-18-34(26,33(63)64)54(21-9-6-3)32(62)38(48,49)50/h13,24-26H,4-12,14-22H2,1-3H3,(H,55,56)(H,57,58)(H,63,64). The monoisotopic (exact) mass is 952 g/mol. The number of carboxylic acid groups (broad SMARTS) is 3. The molecule has 0 heterocycles. The molecule has 4 amide bonds. The zero-order valence-corrected chi connectivity index (χ0v) is 35.1. The fourth-order valence-corrected chi connectivity index (χ4v) is 7.51. The van der Waals surface area contributed by atoms with Gasteiger partial charge < -0.3 is 34.9 Å². The number of allylic oxidation sites excluding steroid dienone is 1. The molecule has 0 radical (unpaired) electrons. The van der Waals surface area contributed by atoms with Crippen molar-refractivity contribution in [1.82, 2.24) is 19.6 Å². The summed E-state index contributed by atoms with van der Waals surface area (Å²) in [6.45, 7) is 0.542. The van der Waals surface area contributed by atoms with Crippen molar-refractivity contribution in [2.24, 2.45) is 0 Å². The third-order valence-electron chi connectivity index (χ3n) is 10.6. The highest BCUT2D eigenvalue weighted by Crippen LogP contribution is 2.43. The predicted octanol–water partition coefficient (Wildman–Crippen LogP) is 7.11. The largest absolute Gasteiger partial charge is 0.480 e. The van der Waals surface area contributed by atoms with Gasteiger partial charge in [0.25, 0.3) is 0 Å². The molecule has 0 spiro atoms. The molecule has 0 aliphatic heterocycles. The number of carbonyl (C=O) groups excluding carboxylic acids is 4. The van der Waals surface area contributed by atoms with E-state index in [1.807, 2.05) is 0 Å². The Morgan fingerprint density at radius 1 is 0.609 bits per heavy atom. The van der Waals surface area contributed by atoms with Gasteiger partial charge in [-0.15, -0.1) is 0 Å².